The maximum atomic E-state index is 13.2. The van der Waals surface area contributed by atoms with Crippen LogP contribution in [0.4, 0.5) is 0 Å². The Morgan fingerprint density at radius 3 is 2.41 bits per heavy atom. The Morgan fingerprint density at radius 2 is 1.76 bits per heavy atom. The van der Waals surface area contributed by atoms with Gasteiger partial charge in [-0.1, -0.05) is 0 Å². The number of aryl methyl sites for hydroxylation is 1. The van der Waals surface area contributed by atoms with Crippen LogP contribution < -0.4 is 5.56 Å². The van der Waals surface area contributed by atoms with Gasteiger partial charge in [0, 0.05) is 31.1 Å². The van der Waals surface area contributed by atoms with E-state index in [-0.39, 0.29) is 35.8 Å². The highest BCUT2D eigenvalue weighted by atomic mass is 32.2. The van der Waals surface area contributed by atoms with Gasteiger partial charge in [0.05, 0.1) is 38.1 Å². The second-order valence-electron chi connectivity index (χ2n) is 6.85. The maximum Gasteiger partial charge on any atom is 0.263 e. The van der Waals surface area contributed by atoms with Crippen LogP contribution in [0, 0.1) is 6.92 Å². The fourth-order valence-electron chi connectivity index (χ4n) is 3.51. The quantitative estimate of drug-likeness (QED) is 0.636. The van der Waals surface area contributed by atoms with E-state index >= 15 is 0 Å². The van der Waals surface area contributed by atoms with Crippen molar-refractivity contribution in [1.82, 2.24) is 18.8 Å². The Morgan fingerprint density at radius 1 is 1.14 bits per heavy atom. The summed E-state index contributed by atoms with van der Waals surface area (Å²) in [6, 6.07) is 0. The highest BCUT2D eigenvalue weighted by molar-refractivity contribution is 7.89. The van der Waals surface area contributed by atoms with Gasteiger partial charge in [-0.3, -0.25) is 14.2 Å². The molecule has 0 aromatic carbocycles. The lowest BCUT2D eigenvalue weighted by atomic mass is 10.3. The number of sulfonamides is 1. The van der Waals surface area contributed by atoms with Crippen LogP contribution in [-0.4, -0.2) is 85.7 Å². The van der Waals surface area contributed by atoms with Gasteiger partial charge in [-0.15, -0.1) is 11.3 Å². The van der Waals surface area contributed by atoms with Crippen molar-refractivity contribution in [3.8, 4) is 0 Å². The standard InChI is InChI=1S/C17H22N4O6S2/c1-12-15(29(24,25)21-4-8-27-9-5-21)14-16(28-12)18-11-20(17(14)23)10-13(22)19-2-6-26-7-3-19/h11H,2-10H2,1H3. The summed E-state index contributed by atoms with van der Waals surface area (Å²) in [6.45, 7) is 4.46. The van der Waals surface area contributed by atoms with Crippen LogP contribution in [0.2, 0.25) is 0 Å². The minimum atomic E-state index is -3.87. The van der Waals surface area contributed by atoms with Crippen molar-refractivity contribution >= 4 is 37.5 Å². The third-order valence-electron chi connectivity index (χ3n) is 5.04. The molecule has 2 saturated heterocycles. The normalized spacial score (nSPS) is 19.0. The van der Waals surface area contributed by atoms with Crippen molar-refractivity contribution in [2.24, 2.45) is 0 Å². The van der Waals surface area contributed by atoms with Crippen LogP contribution in [0.15, 0.2) is 16.0 Å². The second kappa shape index (κ2) is 8.11. The molecule has 29 heavy (non-hydrogen) atoms. The van der Waals surface area contributed by atoms with Crippen molar-refractivity contribution in [3.05, 3.63) is 21.6 Å². The molecule has 1 amide bonds. The van der Waals surface area contributed by atoms with E-state index in [9.17, 15) is 18.0 Å². The SMILES string of the molecule is Cc1sc2ncn(CC(=O)N3CCOCC3)c(=O)c2c1S(=O)(=O)N1CCOCC1. The summed E-state index contributed by atoms with van der Waals surface area (Å²) in [5.41, 5.74) is -0.521. The Kier molecular flexibility index (Phi) is 5.71. The van der Waals surface area contributed by atoms with Gasteiger partial charge in [0.25, 0.3) is 5.56 Å². The molecule has 12 heteroatoms. The topological polar surface area (TPSA) is 111 Å². The van der Waals surface area contributed by atoms with Gasteiger partial charge in [-0.25, -0.2) is 13.4 Å². The molecule has 2 fully saturated rings. The second-order valence-corrected chi connectivity index (χ2v) is 9.93. The highest BCUT2D eigenvalue weighted by Crippen LogP contribution is 2.33. The van der Waals surface area contributed by atoms with Crippen LogP contribution >= 0.6 is 11.3 Å². The number of amides is 1. The molecule has 0 radical (unpaired) electrons. The molecule has 2 aliphatic rings. The molecule has 10 nitrogen and oxygen atoms in total. The van der Waals surface area contributed by atoms with Gasteiger partial charge in [-0.05, 0) is 6.92 Å². The molecule has 0 spiro atoms. The van der Waals surface area contributed by atoms with Crippen LogP contribution in [0.25, 0.3) is 10.2 Å². The average molecular weight is 443 g/mol. The molecule has 0 atom stereocenters. The zero-order valence-electron chi connectivity index (χ0n) is 16.0. The monoisotopic (exact) mass is 442 g/mol. The molecule has 2 aliphatic heterocycles. The predicted molar refractivity (Wildman–Crippen MR) is 106 cm³/mol. The fourth-order valence-corrected chi connectivity index (χ4v) is 6.59. The zero-order valence-corrected chi connectivity index (χ0v) is 17.6. The van der Waals surface area contributed by atoms with E-state index in [1.165, 1.54) is 26.5 Å². The molecule has 4 heterocycles. The van der Waals surface area contributed by atoms with E-state index in [2.05, 4.69) is 4.98 Å². The number of carbonyl (C=O) groups excluding carboxylic acids is 1. The van der Waals surface area contributed by atoms with E-state index in [1.54, 1.807) is 11.8 Å². The van der Waals surface area contributed by atoms with E-state index in [1.807, 2.05) is 0 Å². The van der Waals surface area contributed by atoms with Gasteiger partial charge in [0.15, 0.2) is 0 Å². The van der Waals surface area contributed by atoms with Crippen LogP contribution in [0.3, 0.4) is 0 Å². The first-order chi connectivity index (χ1) is 13.9. The Labute approximate surface area is 171 Å². The van der Waals surface area contributed by atoms with Gasteiger partial charge < -0.3 is 14.4 Å². The molecule has 0 bridgehead atoms. The molecule has 2 aromatic heterocycles. The van der Waals surface area contributed by atoms with E-state index in [0.29, 0.717) is 49.2 Å². The van der Waals surface area contributed by atoms with E-state index in [4.69, 9.17) is 9.47 Å². The molecular weight excluding hydrogens is 420 g/mol. The Balaban J connectivity index is 1.73. The molecule has 4 rings (SSSR count). The molecular formula is C17H22N4O6S2. The summed E-state index contributed by atoms with van der Waals surface area (Å²) < 4.78 is 39.5. The third-order valence-corrected chi connectivity index (χ3v) is 8.25. The molecule has 0 aliphatic carbocycles. The lowest BCUT2D eigenvalue weighted by Gasteiger charge is -2.27. The maximum absolute atomic E-state index is 13.2. The summed E-state index contributed by atoms with van der Waals surface area (Å²) in [5, 5.41) is 0.0521. The number of rotatable bonds is 4. The first kappa shape index (κ1) is 20.4. The number of carbonyl (C=O) groups is 1. The number of thiophene rings is 1. The average Bonchev–Trinajstić information content (AvgIpc) is 3.09. The summed E-state index contributed by atoms with van der Waals surface area (Å²) in [6.07, 6.45) is 1.31. The lowest BCUT2D eigenvalue weighted by molar-refractivity contribution is -0.135. The van der Waals surface area contributed by atoms with Gasteiger partial charge in [-0.2, -0.15) is 4.31 Å². The number of fused-ring (bicyclic) bond motifs is 1. The van der Waals surface area contributed by atoms with Gasteiger partial charge in [0.1, 0.15) is 16.3 Å². The Hall–Kier alpha value is -1.86. The number of aromatic nitrogens is 2. The smallest absolute Gasteiger partial charge is 0.263 e. The number of hydrogen-bond acceptors (Lipinski definition) is 8. The summed E-state index contributed by atoms with van der Waals surface area (Å²) >= 11 is 1.17. The molecule has 0 N–H and O–H groups in total. The minimum absolute atomic E-state index is 0.00919. The zero-order chi connectivity index (χ0) is 20.6. The van der Waals surface area contributed by atoms with Crippen molar-refractivity contribution in [2.75, 3.05) is 52.6 Å². The molecule has 2 aromatic rings. The first-order valence-electron chi connectivity index (χ1n) is 9.31. The fraction of sp³-hybridized carbons (Fsp3) is 0.588. The molecule has 0 saturated carbocycles. The van der Waals surface area contributed by atoms with Crippen LogP contribution in [0.5, 0.6) is 0 Å². The molecule has 0 unspecified atom stereocenters. The number of morpholine rings is 2. The summed E-state index contributed by atoms with van der Waals surface area (Å²) in [7, 11) is -3.87. The summed E-state index contributed by atoms with van der Waals surface area (Å²) in [4.78, 5) is 32.4. The van der Waals surface area contributed by atoms with E-state index < -0.39 is 15.6 Å². The van der Waals surface area contributed by atoms with E-state index in [0.717, 1.165) is 0 Å². The lowest BCUT2D eigenvalue weighted by Crippen LogP contribution is -2.43. The number of nitrogens with zero attached hydrogens (tertiary/aromatic N) is 4. The van der Waals surface area contributed by atoms with Crippen molar-refractivity contribution in [3.63, 3.8) is 0 Å². The minimum Gasteiger partial charge on any atom is -0.379 e. The van der Waals surface area contributed by atoms with Crippen molar-refractivity contribution < 1.29 is 22.7 Å². The third kappa shape index (κ3) is 3.82. The van der Waals surface area contributed by atoms with Crippen molar-refractivity contribution in [2.45, 2.75) is 18.4 Å². The molecule has 158 valence electrons. The largest absolute Gasteiger partial charge is 0.379 e. The summed E-state index contributed by atoms with van der Waals surface area (Å²) in [5.74, 6) is -0.221. The van der Waals surface area contributed by atoms with Gasteiger partial charge >= 0.3 is 0 Å². The van der Waals surface area contributed by atoms with Gasteiger partial charge in [0.2, 0.25) is 15.9 Å². The Bertz CT molecular complexity index is 1080. The van der Waals surface area contributed by atoms with Crippen LogP contribution in [0.1, 0.15) is 4.88 Å². The van der Waals surface area contributed by atoms with Crippen molar-refractivity contribution in [1.29, 1.82) is 0 Å². The van der Waals surface area contributed by atoms with Crippen LogP contribution in [-0.2, 0) is 30.8 Å². The highest BCUT2D eigenvalue weighted by Gasteiger charge is 2.33. The number of ether oxygens (including phenoxy) is 2. The number of hydrogen-bond donors (Lipinski definition) is 0. The first-order valence-corrected chi connectivity index (χ1v) is 11.6. The predicted octanol–water partition coefficient (Wildman–Crippen LogP) is -0.354.